The molecule has 3 aliphatic rings. The molecule has 8 nitrogen and oxygen atoms in total. The lowest BCUT2D eigenvalue weighted by Gasteiger charge is -2.36. The number of carbonyl (C=O) groups excluding carboxylic acids is 2. The molecule has 2 saturated heterocycles. The first-order valence-corrected chi connectivity index (χ1v) is 12.0. The zero-order valence-corrected chi connectivity index (χ0v) is 18.9. The second-order valence-corrected chi connectivity index (χ2v) is 9.14. The molecule has 174 valence electrons. The van der Waals surface area contributed by atoms with Gasteiger partial charge in [-0.05, 0) is 37.8 Å². The van der Waals surface area contributed by atoms with E-state index in [0.29, 0.717) is 32.7 Å². The van der Waals surface area contributed by atoms with E-state index < -0.39 is 0 Å². The van der Waals surface area contributed by atoms with Gasteiger partial charge in [-0.25, -0.2) is 0 Å². The second kappa shape index (κ2) is 9.87. The summed E-state index contributed by atoms with van der Waals surface area (Å²) in [7, 11) is 0. The summed E-state index contributed by atoms with van der Waals surface area (Å²) in [6.45, 7) is 4.08. The molecule has 1 saturated carbocycles. The summed E-state index contributed by atoms with van der Waals surface area (Å²) in [5, 5.41) is 8.79. The molecule has 2 aliphatic heterocycles. The van der Waals surface area contributed by atoms with Crippen molar-refractivity contribution in [1.82, 2.24) is 20.0 Å². The SMILES string of the molecule is O=C(CN(C[C@H]1CCCO1)C(=O)C1CC1)N1CCN(c2ccc(-c3ccccc3)nn2)CC1. The van der Waals surface area contributed by atoms with Crippen LogP contribution in [0.2, 0.25) is 0 Å². The van der Waals surface area contributed by atoms with Gasteiger partial charge in [-0.15, -0.1) is 10.2 Å². The summed E-state index contributed by atoms with van der Waals surface area (Å²) in [6, 6.07) is 14.0. The van der Waals surface area contributed by atoms with Crippen molar-refractivity contribution < 1.29 is 14.3 Å². The minimum atomic E-state index is 0.0205. The number of piperazine rings is 1. The van der Waals surface area contributed by atoms with E-state index in [-0.39, 0.29) is 30.4 Å². The molecule has 1 atom stereocenters. The molecule has 0 spiro atoms. The van der Waals surface area contributed by atoms with Crippen molar-refractivity contribution >= 4 is 17.6 Å². The van der Waals surface area contributed by atoms with E-state index in [1.807, 2.05) is 47.4 Å². The summed E-state index contributed by atoms with van der Waals surface area (Å²) in [6.07, 6.45) is 3.94. The Morgan fingerprint density at radius 2 is 1.76 bits per heavy atom. The highest BCUT2D eigenvalue weighted by Crippen LogP contribution is 2.31. The molecule has 0 N–H and O–H groups in total. The zero-order valence-electron chi connectivity index (χ0n) is 18.9. The van der Waals surface area contributed by atoms with Crippen molar-refractivity contribution in [3.63, 3.8) is 0 Å². The van der Waals surface area contributed by atoms with E-state index in [0.717, 1.165) is 49.4 Å². The molecule has 0 bridgehead atoms. The van der Waals surface area contributed by atoms with Gasteiger partial charge < -0.3 is 19.4 Å². The lowest BCUT2D eigenvalue weighted by atomic mass is 10.1. The van der Waals surface area contributed by atoms with Gasteiger partial charge in [0.25, 0.3) is 0 Å². The van der Waals surface area contributed by atoms with Crippen LogP contribution in [0, 0.1) is 5.92 Å². The van der Waals surface area contributed by atoms with Crippen LogP contribution in [0.25, 0.3) is 11.3 Å². The number of amides is 2. The minimum Gasteiger partial charge on any atom is -0.376 e. The van der Waals surface area contributed by atoms with Crippen LogP contribution in [0.4, 0.5) is 5.82 Å². The Morgan fingerprint density at radius 3 is 2.39 bits per heavy atom. The minimum absolute atomic E-state index is 0.0205. The van der Waals surface area contributed by atoms with E-state index in [4.69, 9.17) is 4.74 Å². The fraction of sp³-hybridized carbons (Fsp3) is 0.520. The number of carbonyl (C=O) groups is 2. The molecule has 33 heavy (non-hydrogen) atoms. The van der Waals surface area contributed by atoms with E-state index in [2.05, 4.69) is 15.1 Å². The van der Waals surface area contributed by atoms with Gasteiger partial charge in [0.15, 0.2) is 5.82 Å². The first kappa shape index (κ1) is 21.8. The third kappa shape index (κ3) is 5.33. The molecule has 5 rings (SSSR count). The van der Waals surface area contributed by atoms with Crippen molar-refractivity contribution in [2.45, 2.75) is 31.8 Å². The summed E-state index contributed by atoms with van der Waals surface area (Å²) in [5.41, 5.74) is 1.89. The number of anilines is 1. The van der Waals surface area contributed by atoms with Crippen LogP contribution >= 0.6 is 0 Å². The number of nitrogens with zero attached hydrogens (tertiary/aromatic N) is 5. The fourth-order valence-corrected chi connectivity index (χ4v) is 4.56. The summed E-state index contributed by atoms with van der Waals surface area (Å²) in [5.74, 6) is 1.07. The molecule has 0 radical (unpaired) electrons. The smallest absolute Gasteiger partial charge is 0.242 e. The van der Waals surface area contributed by atoms with E-state index in [1.54, 1.807) is 4.90 Å². The normalized spacial score (nSPS) is 20.7. The molecule has 2 amide bonds. The number of hydrogen-bond acceptors (Lipinski definition) is 6. The largest absolute Gasteiger partial charge is 0.376 e. The maximum Gasteiger partial charge on any atom is 0.242 e. The average molecular weight is 450 g/mol. The number of rotatable bonds is 7. The van der Waals surface area contributed by atoms with Crippen LogP contribution in [-0.4, -0.2) is 83.8 Å². The third-order valence-corrected chi connectivity index (χ3v) is 6.69. The highest BCUT2D eigenvalue weighted by atomic mass is 16.5. The van der Waals surface area contributed by atoms with Gasteiger partial charge in [-0.3, -0.25) is 9.59 Å². The zero-order chi connectivity index (χ0) is 22.6. The monoisotopic (exact) mass is 449 g/mol. The Labute approximate surface area is 194 Å². The van der Waals surface area contributed by atoms with Crippen LogP contribution in [0.5, 0.6) is 0 Å². The number of benzene rings is 1. The van der Waals surface area contributed by atoms with Crippen LogP contribution in [0.1, 0.15) is 25.7 Å². The number of ether oxygens (including phenoxy) is 1. The Kier molecular flexibility index (Phi) is 6.53. The van der Waals surface area contributed by atoms with Crippen molar-refractivity contribution in [2.75, 3.05) is 50.8 Å². The summed E-state index contributed by atoms with van der Waals surface area (Å²) in [4.78, 5) is 31.5. The third-order valence-electron chi connectivity index (χ3n) is 6.69. The Balaban J connectivity index is 1.15. The van der Waals surface area contributed by atoms with Gasteiger partial charge in [0.1, 0.15) is 0 Å². The van der Waals surface area contributed by atoms with E-state index in [1.165, 1.54) is 0 Å². The van der Waals surface area contributed by atoms with Crippen molar-refractivity contribution in [3.8, 4) is 11.3 Å². The first-order valence-electron chi connectivity index (χ1n) is 12.0. The fourth-order valence-electron chi connectivity index (χ4n) is 4.56. The van der Waals surface area contributed by atoms with Crippen LogP contribution in [-0.2, 0) is 14.3 Å². The molecule has 1 aromatic heterocycles. The lowest BCUT2D eigenvalue weighted by Crippen LogP contribution is -2.53. The predicted octanol–water partition coefficient (Wildman–Crippen LogP) is 2.21. The quantitative estimate of drug-likeness (QED) is 0.645. The van der Waals surface area contributed by atoms with Crippen LogP contribution in [0.3, 0.4) is 0 Å². The van der Waals surface area contributed by atoms with Gasteiger partial charge in [0.2, 0.25) is 11.8 Å². The maximum absolute atomic E-state index is 13.0. The number of aromatic nitrogens is 2. The molecule has 3 heterocycles. The topological polar surface area (TPSA) is 78.9 Å². The molecule has 3 fully saturated rings. The Morgan fingerprint density at radius 1 is 0.970 bits per heavy atom. The molecular formula is C25H31N5O3. The van der Waals surface area contributed by atoms with Gasteiger partial charge in [-0.2, -0.15) is 0 Å². The first-order chi connectivity index (χ1) is 16.2. The van der Waals surface area contributed by atoms with Gasteiger partial charge in [0.05, 0.1) is 18.3 Å². The van der Waals surface area contributed by atoms with Crippen molar-refractivity contribution in [2.24, 2.45) is 5.92 Å². The predicted molar refractivity (Wildman–Crippen MR) is 125 cm³/mol. The highest BCUT2D eigenvalue weighted by Gasteiger charge is 2.36. The van der Waals surface area contributed by atoms with Crippen LogP contribution < -0.4 is 4.90 Å². The van der Waals surface area contributed by atoms with Crippen molar-refractivity contribution in [1.29, 1.82) is 0 Å². The van der Waals surface area contributed by atoms with Gasteiger partial charge in [0, 0.05) is 50.8 Å². The molecule has 8 heteroatoms. The molecule has 1 aliphatic carbocycles. The standard InChI is InChI=1S/C25H31N5O3/c31-24(18-30(25(32)20-8-9-20)17-21-7-4-16-33-21)29-14-12-28(13-15-29)23-11-10-22(26-27-23)19-5-2-1-3-6-19/h1-3,5-6,10-11,20-21H,4,7-9,12-18H2/t21-/m1/s1. The van der Waals surface area contributed by atoms with Crippen molar-refractivity contribution in [3.05, 3.63) is 42.5 Å². The number of hydrogen-bond donors (Lipinski definition) is 0. The molecular weight excluding hydrogens is 418 g/mol. The highest BCUT2D eigenvalue weighted by molar-refractivity contribution is 5.87. The van der Waals surface area contributed by atoms with Gasteiger partial charge >= 0.3 is 0 Å². The average Bonchev–Trinajstić information content (AvgIpc) is 3.60. The maximum atomic E-state index is 13.0. The van der Waals surface area contributed by atoms with Gasteiger partial charge in [-0.1, -0.05) is 30.3 Å². The Bertz CT molecular complexity index is 950. The molecule has 2 aromatic rings. The Hall–Kier alpha value is -3.00. The second-order valence-electron chi connectivity index (χ2n) is 9.14. The molecule has 0 unspecified atom stereocenters. The van der Waals surface area contributed by atoms with Crippen LogP contribution in [0.15, 0.2) is 42.5 Å². The lowest BCUT2D eigenvalue weighted by molar-refractivity contribution is -0.142. The van der Waals surface area contributed by atoms with E-state index >= 15 is 0 Å². The summed E-state index contributed by atoms with van der Waals surface area (Å²) < 4.78 is 5.72. The van der Waals surface area contributed by atoms with E-state index in [9.17, 15) is 9.59 Å². The molecule has 1 aromatic carbocycles. The summed E-state index contributed by atoms with van der Waals surface area (Å²) >= 11 is 0.